The van der Waals surface area contributed by atoms with E-state index in [1.165, 1.54) is 68.2 Å². The summed E-state index contributed by atoms with van der Waals surface area (Å²) in [6.07, 6.45) is 9.02. The number of nitrogens with zero attached hydrogens (tertiary/aromatic N) is 3. The lowest BCUT2D eigenvalue weighted by molar-refractivity contribution is 0.170. The lowest BCUT2D eigenvalue weighted by atomic mass is 10.1. The minimum atomic E-state index is 0.769. The minimum absolute atomic E-state index is 0.769. The van der Waals surface area contributed by atoms with E-state index in [0.29, 0.717) is 0 Å². The van der Waals surface area contributed by atoms with Crippen molar-refractivity contribution in [3.63, 3.8) is 0 Å². The first-order valence-corrected chi connectivity index (χ1v) is 9.82. The van der Waals surface area contributed by atoms with Crippen LogP contribution in [0.25, 0.3) is 0 Å². The highest BCUT2D eigenvalue weighted by molar-refractivity contribution is 7.11. The topological polar surface area (TPSA) is 31.4 Å². The van der Waals surface area contributed by atoms with Crippen molar-refractivity contribution < 1.29 is 0 Å². The molecule has 0 bridgehead atoms. The third-order valence-electron chi connectivity index (χ3n) is 5.57. The second-order valence-electron chi connectivity index (χ2n) is 7.11. The van der Waals surface area contributed by atoms with Crippen molar-refractivity contribution in [1.29, 1.82) is 0 Å². The third-order valence-corrected chi connectivity index (χ3v) is 6.72. The van der Waals surface area contributed by atoms with Crippen LogP contribution in [-0.2, 0) is 6.54 Å². The van der Waals surface area contributed by atoms with E-state index in [0.717, 1.165) is 31.6 Å². The van der Waals surface area contributed by atoms with Crippen molar-refractivity contribution in [2.24, 2.45) is 0 Å². The molecule has 5 heteroatoms. The molecule has 4 nitrogen and oxygen atoms in total. The van der Waals surface area contributed by atoms with E-state index in [-0.39, 0.29) is 0 Å². The van der Waals surface area contributed by atoms with Gasteiger partial charge in [-0.15, -0.1) is 11.3 Å². The van der Waals surface area contributed by atoms with Crippen LogP contribution in [0.4, 0.5) is 0 Å². The fourth-order valence-corrected chi connectivity index (χ4v) is 5.41. The van der Waals surface area contributed by atoms with Gasteiger partial charge < -0.3 is 5.32 Å². The predicted octanol–water partition coefficient (Wildman–Crippen LogP) is 2.28. The quantitative estimate of drug-likeness (QED) is 0.922. The first-order chi connectivity index (χ1) is 10.9. The normalized spacial score (nSPS) is 28.6. The fourth-order valence-electron chi connectivity index (χ4n) is 4.28. The number of nitrogens with one attached hydrogen (secondary N) is 1. The first kappa shape index (κ1) is 15.1. The molecule has 3 fully saturated rings. The molecule has 1 aromatic rings. The SMILES string of the molecule is c1nc(C2CCCC2)sc1CN1CCC(N2CCNCC2)C1. The molecule has 0 amide bonds. The molecule has 4 rings (SSSR count). The van der Waals surface area contributed by atoms with Crippen LogP contribution in [-0.4, -0.2) is 60.1 Å². The molecular formula is C17H28N4S. The van der Waals surface area contributed by atoms with Gasteiger partial charge in [-0.2, -0.15) is 0 Å². The molecule has 3 aliphatic rings. The zero-order chi connectivity index (χ0) is 14.8. The third kappa shape index (κ3) is 3.37. The van der Waals surface area contributed by atoms with Crippen LogP contribution in [0.5, 0.6) is 0 Å². The van der Waals surface area contributed by atoms with E-state index in [1.807, 2.05) is 11.3 Å². The summed E-state index contributed by atoms with van der Waals surface area (Å²) in [7, 11) is 0. The maximum atomic E-state index is 4.72. The molecule has 0 aromatic carbocycles. The van der Waals surface area contributed by atoms with Crippen molar-refractivity contribution in [2.75, 3.05) is 39.3 Å². The summed E-state index contributed by atoms with van der Waals surface area (Å²) in [5.41, 5.74) is 0. The maximum Gasteiger partial charge on any atom is 0.0959 e. The summed E-state index contributed by atoms with van der Waals surface area (Å²) in [6.45, 7) is 8.40. The van der Waals surface area contributed by atoms with Gasteiger partial charge in [-0.1, -0.05) is 12.8 Å². The highest BCUT2D eigenvalue weighted by atomic mass is 32.1. The molecule has 1 N–H and O–H groups in total. The Hall–Kier alpha value is -0.490. The number of likely N-dealkylation sites (tertiary alicyclic amines) is 1. The second-order valence-corrected chi connectivity index (χ2v) is 8.26. The van der Waals surface area contributed by atoms with Crippen molar-refractivity contribution >= 4 is 11.3 Å². The standard InChI is InChI=1S/C17H28N4S/c1-2-4-14(3-1)17-19-11-16(22-17)13-20-8-5-15(12-20)21-9-6-18-7-10-21/h11,14-15,18H,1-10,12-13H2. The van der Waals surface area contributed by atoms with E-state index in [2.05, 4.69) is 21.3 Å². The van der Waals surface area contributed by atoms with Crippen molar-refractivity contribution in [2.45, 2.75) is 50.6 Å². The summed E-state index contributed by atoms with van der Waals surface area (Å²) < 4.78 is 0. The first-order valence-electron chi connectivity index (χ1n) is 9.00. The number of hydrogen-bond acceptors (Lipinski definition) is 5. The molecule has 1 saturated carbocycles. The van der Waals surface area contributed by atoms with Gasteiger partial charge in [-0.25, -0.2) is 4.98 Å². The molecule has 2 aliphatic heterocycles. The summed E-state index contributed by atoms with van der Waals surface area (Å²) in [4.78, 5) is 11.5. The number of thiazole rings is 1. The van der Waals surface area contributed by atoms with Crippen LogP contribution in [0.2, 0.25) is 0 Å². The molecule has 1 aliphatic carbocycles. The van der Waals surface area contributed by atoms with Gasteiger partial charge in [0.2, 0.25) is 0 Å². The van der Waals surface area contributed by atoms with Gasteiger partial charge in [-0.05, 0) is 19.3 Å². The van der Waals surface area contributed by atoms with Crippen molar-refractivity contribution in [3.8, 4) is 0 Å². The van der Waals surface area contributed by atoms with Crippen molar-refractivity contribution in [3.05, 3.63) is 16.1 Å². The van der Waals surface area contributed by atoms with Crippen LogP contribution < -0.4 is 5.32 Å². The van der Waals surface area contributed by atoms with Gasteiger partial charge >= 0.3 is 0 Å². The average Bonchev–Trinajstić information content (AvgIpc) is 3.30. The zero-order valence-corrected chi connectivity index (χ0v) is 14.3. The summed E-state index contributed by atoms with van der Waals surface area (Å²) in [5, 5.41) is 4.86. The van der Waals surface area contributed by atoms with Crippen molar-refractivity contribution in [1.82, 2.24) is 20.1 Å². The molecule has 3 heterocycles. The minimum Gasteiger partial charge on any atom is -0.314 e. The molecule has 0 radical (unpaired) electrons. The van der Waals surface area contributed by atoms with Crippen LogP contribution in [0.1, 0.15) is 47.9 Å². The molecule has 1 aromatic heterocycles. The zero-order valence-electron chi connectivity index (χ0n) is 13.5. The smallest absolute Gasteiger partial charge is 0.0959 e. The average molecular weight is 321 g/mol. The Morgan fingerprint density at radius 2 is 1.95 bits per heavy atom. The monoisotopic (exact) mass is 320 g/mol. The summed E-state index contributed by atoms with van der Waals surface area (Å²) in [6, 6.07) is 0.782. The number of hydrogen-bond donors (Lipinski definition) is 1. The predicted molar refractivity (Wildman–Crippen MR) is 91.4 cm³/mol. The maximum absolute atomic E-state index is 4.72. The van der Waals surface area contributed by atoms with Crippen LogP contribution in [0, 0.1) is 0 Å². The Kier molecular flexibility index (Phi) is 4.76. The van der Waals surface area contributed by atoms with Gasteiger partial charge in [0.1, 0.15) is 0 Å². The molecule has 122 valence electrons. The van der Waals surface area contributed by atoms with Crippen LogP contribution in [0.15, 0.2) is 6.20 Å². The lowest BCUT2D eigenvalue weighted by Gasteiger charge is -2.32. The Balaban J connectivity index is 1.30. The number of aromatic nitrogens is 1. The highest BCUT2D eigenvalue weighted by Gasteiger charge is 2.29. The second kappa shape index (κ2) is 6.95. The molecule has 2 saturated heterocycles. The Labute approximate surface area is 137 Å². The number of piperazine rings is 1. The van der Waals surface area contributed by atoms with Gasteiger partial charge in [-0.3, -0.25) is 9.80 Å². The fraction of sp³-hybridized carbons (Fsp3) is 0.824. The van der Waals surface area contributed by atoms with Crippen LogP contribution in [0.3, 0.4) is 0 Å². The van der Waals surface area contributed by atoms with Crippen LogP contribution >= 0.6 is 11.3 Å². The number of rotatable bonds is 4. The lowest BCUT2D eigenvalue weighted by Crippen LogP contribution is -2.49. The summed E-state index contributed by atoms with van der Waals surface area (Å²) >= 11 is 1.98. The Morgan fingerprint density at radius 3 is 2.77 bits per heavy atom. The van der Waals surface area contributed by atoms with Gasteiger partial charge in [0, 0.05) is 68.8 Å². The highest BCUT2D eigenvalue weighted by Crippen LogP contribution is 2.36. The van der Waals surface area contributed by atoms with E-state index in [4.69, 9.17) is 4.98 Å². The molecule has 22 heavy (non-hydrogen) atoms. The van der Waals surface area contributed by atoms with E-state index < -0.39 is 0 Å². The molecule has 0 spiro atoms. The van der Waals surface area contributed by atoms with Gasteiger partial charge in [0.15, 0.2) is 0 Å². The van der Waals surface area contributed by atoms with E-state index >= 15 is 0 Å². The van der Waals surface area contributed by atoms with E-state index in [9.17, 15) is 0 Å². The van der Waals surface area contributed by atoms with Gasteiger partial charge in [0.25, 0.3) is 0 Å². The largest absolute Gasteiger partial charge is 0.314 e. The Morgan fingerprint density at radius 1 is 1.14 bits per heavy atom. The van der Waals surface area contributed by atoms with E-state index in [1.54, 1.807) is 0 Å². The molecular weight excluding hydrogens is 292 g/mol. The Bertz CT molecular complexity index is 477. The molecule has 1 unspecified atom stereocenters. The molecule has 1 atom stereocenters. The summed E-state index contributed by atoms with van der Waals surface area (Å²) in [5.74, 6) is 0.769. The van der Waals surface area contributed by atoms with Gasteiger partial charge in [0.05, 0.1) is 5.01 Å².